The molecule has 0 aromatic heterocycles. The molecule has 4 heteroatoms. The number of benzene rings is 2. The summed E-state index contributed by atoms with van der Waals surface area (Å²) < 4.78 is 0. The van der Waals surface area contributed by atoms with Crippen molar-refractivity contribution in [1.29, 1.82) is 0 Å². The fraction of sp³-hybridized carbons (Fsp3) is 0.118. The van der Waals surface area contributed by atoms with Gasteiger partial charge in [0.15, 0.2) is 5.78 Å². The highest BCUT2D eigenvalue weighted by Gasteiger charge is 2.07. The van der Waals surface area contributed by atoms with Crippen LogP contribution >= 0.6 is 23.2 Å². The van der Waals surface area contributed by atoms with Crippen molar-refractivity contribution in [3.63, 3.8) is 0 Å². The van der Waals surface area contributed by atoms with Crippen LogP contribution in [0.25, 0.3) is 0 Å². The third kappa shape index (κ3) is 3.87. The fourth-order valence-corrected chi connectivity index (χ4v) is 2.52. The SMILES string of the molecule is Cc1cccc(C)c1NC=CC(=O)c1ccc(Cl)cc1Cl. The van der Waals surface area contributed by atoms with Crippen molar-refractivity contribution in [2.24, 2.45) is 0 Å². The predicted octanol–water partition coefficient (Wildman–Crippen LogP) is 5.42. The number of aryl methyl sites for hydroxylation is 2. The Bertz CT molecular complexity index is 688. The number of hydrogen-bond donors (Lipinski definition) is 1. The van der Waals surface area contributed by atoms with Crippen molar-refractivity contribution in [2.45, 2.75) is 13.8 Å². The van der Waals surface area contributed by atoms with E-state index >= 15 is 0 Å². The van der Waals surface area contributed by atoms with Gasteiger partial charge in [-0.3, -0.25) is 4.79 Å². The van der Waals surface area contributed by atoms with Gasteiger partial charge in [-0.25, -0.2) is 0 Å². The molecule has 0 fully saturated rings. The molecule has 2 aromatic carbocycles. The van der Waals surface area contributed by atoms with E-state index in [0.29, 0.717) is 15.6 Å². The van der Waals surface area contributed by atoms with Crippen molar-refractivity contribution in [2.75, 3.05) is 5.32 Å². The molecular formula is C17H15Cl2NO. The predicted molar refractivity (Wildman–Crippen MR) is 89.5 cm³/mol. The van der Waals surface area contributed by atoms with Crippen LogP contribution in [-0.2, 0) is 0 Å². The Kier molecular flexibility index (Phi) is 5.05. The lowest BCUT2D eigenvalue weighted by atomic mass is 10.1. The molecule has 0 bridgehead atoms. The zero-order valence-electron chi connectivity index (χ0n) is 11.8. The third-order valence-corrected chi connectivity index (χ3v) is 3.69. The van der Waals surface area contributed by atoms with Crippen molar-refractivity contribution in [1.82, 2.24) is 0 Å². The summed E-state index contributed by atoms with van der Waals surface area (Å²) in [6.45, 7) is 4.03. The maximum Gasteiger partial charge on any atom is 0.188 e. The first kappa shape index (κ1) is 15.6. The Labute approximate surface area is 134 Å². The number of carbonyl (C=O) groups is 1. The Morgan fingerprint density at radius 3 is 2.38 bits per heavy atom. The standard InChI is InChI=1S/C17H15Cl2NO/c1-11-4-3-5-12(2)17(11)20-9-8-16(21)14-7-6-13(18)10-15(14)19/h3-10,20H,1-2H3. The van der Waals surface area contributed by atoms with Gasteiger partial charge >= 0.3 is 0 Å². The summed E-state index contributed by atoms with van der Waals surface area (Å²) in [6.07, 6.45) is 3.09. The zero-order chi connectivity index (χ0) is 15.4. The summed E-state index contributed by atoms with van der Waals surface area (Å²) in [5.74, 6) is -0.171. The molecule has 0 saturated heterocycles. The van der Waals surface area contributed by atoms with E-state index in [-0.39, 0.29) is 5.78 Å². The molecule has 0 spiro atoms. The molecule has 0 saturated carbocycles. The zero-order valence-corrected chi connectivity index (χ0v) is 13.3. The number of rotatable bonds is 4. The number of ketones is 1. The monoisotopic (exact) mass is 319 g/mol. The Hall–Kier alpha value is -1.77. The van der Waals surface area contributed by atoms with Gasteiger partial charge in [0, 0.05) is 28.5 Å². The topological polar surface area (TPSA) is 29.1 Å². The second-order valence-electron chi connectivity index (χ2n) is 4.73. The highest BCUT2D eigenvalue weighted by atomic mass is 35.5. The largest absolute Gasteiger partial charge is 0.361 e. The first-order valence-corrected chi connectivity index (χ1v) is 7.23. The summed E-state index contributed by atoms with van der Waals surface area (Å²) in [4.78, 5) is 12.1. The maximum atomic E-state index is 12.1. The summed E-state index contributed by atoms with van der Waals surface area (Å²) in [5, 5.41) is 4.00. The van der Waals surface area contributed by atoms with E-state index in [4.69, 9.17) is 23.2 Å². The molecule has 0 heterocycles. The van der Waals surface area contributed by atoms with Gasteiger partial charge in [-0.05, 0) is 43.2 Å². The summed E-state index contributed by atoms with van der Waals surface area (Å²) >= 11 is 11.8. The molecule has 0 amide bonds. The van der Waals surface area contributed by atoms with Crippen molar-refractivity contribution in [3.05, 3.63) is 75.4 Å². The molecule has 108 valence electrons. The summed E-state index contributed by atoms with van der Waals surface area (Å²) in [7, 11) is 0. The number of halogens is 2. The number of allylic oxidation sites excluding steroid dienone is 1. The van der Waals surface area contributed by atoms with Crippen LogP contribution in [0.4, 0.5) is 5.69 Å². The molecule has 0 radical (unpaired) electrons. The van der Waals surface area contributed by atoms with Crippen LogP contribution in [0.15, 0.2) is 48.7 Å². The molecule has 1 N–H and O–H groups in total. The van der Waals surface area contributed by atoms with Crippen molar-refractivity contribution < 1.29 is 4.79 Å². The first-order chi connectivity index (χ1) is 9.99. The second-order valence-corrected chi connectivity index (χ2v) is 5.58. The molecule has 0 aliphatic carbocycles. The van der Waals surface area contributed by atoms with Gasteiger partial charge in [-0.1, -0.05) is 41.4 Å². The smallest absolute Gasteiger partial charge is 0.188 e. The summed E-state index contributed by atoms with van der Waals surface area (Å²) in [5.41, 5.74) is 3.68. The van der Waals surface area contributed by atoms with Gasteiger partial charge in [0.2, 0.25) is 0 Å². The van der Waals surface area contributed by atoms with Crippen LogP contribution in [0.2, 0.25) is 10.0 Å². The highest BCUT2D eigenvalue weighted by molar-refractivity contribution is 6.37. The Morgan fingerprint density at radius 1 is 1.10 bits per heavy atom. The van der Waals surface area contributed by atoms with E-state index in [9.17, 15) is 4.79 Å². The average molecular weight is 320 g/mol. The van der Waals surface area contributed by atoms with E-state index in [1.807, 2.05) is 32.0 Å². The maximum absolute atomic E-state index is 12.1. The Balaban J connectivity index is 2.13. The minimum Gasteiger partial charge on any atom is -0.361 e. The second kappa shape index (κ2) is 6.79. The summed E-state index contributed by atoms with van der Waals surface area (Å²) in [6, 6.07) is 10.9. The minimum atomic E-state index is -0.171. The van der Waals surface area contributed by atoms with Crippen LogP contribution in [0.5, 0.6) is 0 Å². The minimum absolute atomic E-state index is 0.171. The van der Waals surface area contributed by atoms with E-state index in [1.54, 1.807) is 24.4 Å². The van der Waals surface area contributed by atoms with E-state index in [0.717, 1.165) is 16.8 Å². The number of para-hydroxylation sites is 1. The molecule has 2 nitrogen and oxygen atoms in total. The Morgan fingerprint density at radius 2 is 1.76 bits per heavy atom. The lowest BCUT2D eigenvalue weighted by Gasteiger charge is -2.08. The lowest BCUT2D eigenvalue weighted by Crippen LogP contribution is -1.99. The number of nitrogens with one attached hydrogen (secondary N) is 1. The van der Waals surface area contributed by atoms with Crippen LogP contribution in [0, 0.1) is 13.8 Å². The van der Waals surface area contributed by atoms with Crippen LogP contribution in [-0.4, -0.2) is 5.78 Å². The van der Waals surface area contributed by atoms with E-state index < -0.39 is 0 Å². The molecular weight excluding hydrogens is 305 g/mol. The first-order valence-electron chi connectivity index (χ1n) is 6.47. The quantitative estimate of drug-likeness (QED) is 0.602. The van der Waals surface area contributed by atoms with Crippen LogP contribution in [0.1, 0.15) is 21.5 Å². The van der Waals surface area contributed by atoms with Crippen LogP contribution < -0.4 is 5.32 Å². The molecule has 2 aromatic rings. The number of carbonyl (C=O) groups excluding carboxylic acids is 1. The van der Waals surface area contributed by atoms with Gasteiger partial charge in [-0.2, -0.15) is 0 Å². The van der Waals surface area contributed by atoms with Gasteiger partial charge in [0.25, 0.3) is 0 Å². The number of anilines is 1. The highest BCUT2D eigenvalue weighted by Crippen LogP contribution is 2.22. The third-order valence-electron chi connectivity index (χ3n) is 3.14. The van der Waals surface area contributed by atoms with Crippen LogP contribution in [0.3, 0.4) is 0 Å². The molecule has 21 heavy (non-hydrogen) atoms. The normalized spacial score (nSPS) is 10.9. The van der Waals surface area contributed by atoms with Gasteiger partial charge in [0.05, 0.1) is 5.02 Å². The van der Waals surface area contributed by atoms with Gasteiger partial charge in [-0.15, -0.1) is 0 Å². The fourth-order valence-electron chi connectivity index (χ4n) is 2.02. The number of hydrogen-bond acceptors (Lipinski definition) is 2. The molecule has 0 atom stereocenters. The van der Waals surface area contributed by atoms with Gasteiger partial charge < -0.3 is 5.32 Å². The molecule has 0 aliphatic heterocycles. The molecule has 0 aliphatic rings. The average Bonchev–Trinajstić information content (AvgIpc) is 2.42. The molecule has 0 unspecified atom stereocenters. The van der Waals surface area contributed by atoms with Crippen molar-refractivity contribution in [3.8, 4) is 0 Å². The van der Waals surface area contributed by atoms with Crippen molar-refractivity contribution >= 4 is 34.7 Å². The van der Waals surface area contributed by atoms with E-state index in [2.05, 4.69) is 5.32 Å². The molecule has 2 rings (SSSR count). The van der Waals surface area contributed by atoms with E-state index in [1.165, 1.54) is 6.08 Å². The lowest BCUT2D eigenvalue weighted by molar-refractivity contribution is 0.104. The van der Waals surface area contributed by atoms with Gasteiger partial charge in [0.1, 0.15) is 0 Å².